The number of hydrogen-bond donors (Lipinski definition) is 0. The topological polar surface area (TPSA) is 3.24 Å². The van der Waals surface area contributed by atoms with Crippen LogP contribution in [-0.2, 0) is 0 Å². The minimum atomic E-state index is 0.681. The fraction of sp³-hybridized carbons (Fsp3) is 0.400. The summed E-state index contributed by atoms with van der Waals surface area (Å²) in [5.74, 6) is 0. The zero-order chi connectivity index (χ0) is 9.84. The van der Waals surface area contributed by atoms with Gasteiger partial charge in [0.1, 0.15) is 0 Å². The SMILES string of the molecule is CCN(CC)c1ccc(Cl)cc1Cl. The van der Waals surface area contributed by atoms with E-state index in [2.05, 4.69) is 18.7 Å². The summed E-state index contributed by atoms with van der Waals surface area (Å²) in [6.45, 7) is 6.12. The Kier molecular flexibility index (Phi) is 3.89. The molecule has 0 saturated carbocycles. The van der Waals surface area contributed by atoms with Crippen molar-refractivity contribution in [3.8, 4) is 0 Å². The van der Waals surface area contributed by atoms with Gasteiger partial charge in [-0.15, -0.1) is 0 Å². The zero-order valence-corrected chi connectivity index (χ0v) is 9.36. The number of benzene rings is 1. The van der Waals surface area contributed by atoms with Gasteiger partial charge in [0.25, 0.3) is 0 Å². The average molecular weight is 218 g/mol. The summed E-state index contributed by atoms with van der Waals surface area (Å²) in [5, 5.41) is 1.40. The maximum Gasteiger partial charge on any atom is 0.0654 e. The van der Waals surface area contributed by atoms with E-state index in [1.165, 1.54) is 0 Å². The molecule has 0 fully saturated rings. The molecule has 13 heavy (non-hydrogen) atoms. The summed E-state index contributed by atoms with van der Waals surface area (Å²) in [4.78, 5) is 2.19. The van der Waals surface area contributed by atoms with Crippen molar-refractivity contribution in [2.75, 3.05) is 18.0 Å². The van der Waals surface area contributed by atoms with E-state index in [1.807, 2.05) is 12.1 Å². The van der Waals surface area contributed by atoms with Crippen LogP contribution in [0.2, 0.25) is 10.0 Å². The van der Waals surface area contributed by atoms with Gasteiger partial charge >= 0.3 is 0 Å². The first-order valence-electron chi connectivity index (χ1n) is 4.39. The van der Waals surface area contributed by atoms with E-state index >= 15 is 0 Å². The van der Waals surface area contributed by atoms with Gasteiger partial charge in [-0.1, -0.05) is 23.2 Å². The van der Waals surface area contributed by atoms with Crippen molar-refractivity contribution in [3.05, 3.63) is 28.2 Å². The van der Waals surface area contributed by atoms with Crippen molar-refractivity contribution < 1.29 is 0 Å². The summed E-state index contributed by atoms with van der Waals surface area (Å²) in [6, 6.07) is 5.59. The Labute approximate surface area is 89.3 Å². The molecule has 0 amide bonds. The van der Waals surface area contributed by atoms with Crippen molar-refractivity contribution >= 4 is 28.9 Å². The first-order valence-corrected chi connectivity index (χ1v) is 5.14. The number of halogens is 2. The van der Waals surface area contributed by atoms with Crippen molar-refractivity contribution in [1.82, 2.24) is 0 Å². The van der Waals surface area contributed by atoms with Gasteiger partial charge in [-0.3, -0.25) is 0 Å². The Hall–Kier alpha value is -0.400. The molecule has 0 atom stereocenters. The fourth-order valence-corrected chi connectivity index (χ4v) is 1.83. The molecule has 0 spiro atoms. The second-order valence-electron chi connectivity index (χ2n) is 2.77. The van der Waals surface area contributed by atoms with E-state index in [0.717, 1.165) is 23.8 Å². The highest BCUT2D eigenvalue weighted by Crippen LogP contribution is 2.28. The van der Waals surface area contributed by atoms with Crippen molar-refractivity contribution in [2.24, 2.45) is 0 Å². The zero-order valence-electron chi connectivity index (χ0n) is 7.85. The van der Waals surface area contributed by atoms with Crippen LogP contribution in [0.15, 0.2) is 18.2 Å². The van der Waals surface area contributed by atoms with Gasteiger partial charge < -0.3 is 4.90 Å². The maximum absolute atomic E-state index is 6.06. The molecule has 0 radical (unpaired) electrons. The molecule has 1 rings (SSSR count). The van der Waals surface area contributed by atoms with Crippen LogP contribution in [0, 0.1) is 0 Å². The third-order valence-electron chi connectivity index (χ3n) is 2.01. The number of anilines is 1. The quantitative estimate of drug-likeness (QED) is 0.744. The minimum Gasteiger partial charge on any atom is -0.371 e. The molecule has 0 bridgehead atoms. The molecule has 3 heteroatoms. The van der Waals surface area contributed by atoms with E-state index in [1.54, 1.807) is 6.07 Å². The van der Waals surface area contributed by atoms with E-state index in [4.69, 9.17) is 23.2 Å². The molecule has 0 aliphatic heterocycles. The van der Waals surface area contributed by atoms with Gasteiger partial charge in [0.2, 0.25) is 0 Å². The summed E-state index contributed by atoms with van der Waals surface area (Å²) in [5.41, 5.74) is 1.05. The molecule has 0 heterocycles. The lowest BCUT2D eigenvalue weighted by atomic mass is 10.3. The minimum absolute atomic E-state index is 0.681. The summed E-state index contributed by atoms with van der Waals surface area (Å²) in [6.07, 6.45) is 0. The van der Waals surface area contributed by atoms with Crippen molar-refractivity contribution in [3.63, 3.8) is 0 Å². The van der Waals surface area contributed by atoms with E-state index in [-0.39, 0.29) is 0 Å². The number of rotatable bonds is 3. The highest BCUT2D eigenvalue weighted by Gasteiger charge is 2.06. The molecule has 1 nitrogen and oxygen atoms in total. The third-order valence-corrected chi connectivity index (χ3v) is 2.55. The molecule has 1 aromatic carbocycles. The largest absolute Gasteiger partial charge is 0.371 e. The predicted molar refractivity (Wildman–Crippen MR) is 60.0 cm³/mol. The molecule has 1 aromatic rings. The van der Waals surface area contributed by atoms with Gasteiger partial charge in [0, 0.05) is 18.1 Å². The second-order valence-corrected chi connectivity index (χ2v) is 3.61. The third kappa shape index (κ3) is 2.52. The average Bonchev–Trinajstić information content (AvgIpc) is 2.10. The lowest BCUT2D eigenvalue weighted by Crippen LogP contribution is -2.21. The van der Waals surface area contributed by atoms with Crippen LogP contribution < -0.4 is 4.90 Å². The molecule has 0 aromatic heterocycles. The number of hydrogen-bond acceptors (Lipinski definition) is 1. The second kappa shape index (κ2) is 4.73. The number of nitrogens with zero attached hydrogens (tertiary/aromatic N) is 1. The molecule has 72 valence electrons. The Morgan fingerprint density at radius 1 is 1.15 bits per heavy atom. The van der Waals surface area contributed by atoms with Gasteiger partial charge in [-0.05, 0) is 32.0 Å². The van der Waals surface area contributed by atoms with Crippen LogP contribution in [0.25, 0.3) is 0 Å². The summed E-state index contributed by atoms with van der Waals surface area (Å²) >= 11 is 11.9. The molecule has 0 aliphatic rings. The van der Waals surface area contributed by atoms with Crippen LogP contribution >= 0.6 is 23.2 Å². The molecule has 0 saturated heterocycles. The van der Waals surface area contributed by atoms with Crippen LogP contribution in [0.4, 0.5) is 5.69 Å². The van der Waals surface area contributed by atoms with Crippen molar-refractivity contribution in [2.45, 2.75) is 13.8 Å². The van der Waals surface area contributed by atoms with Gasteiger partial charge in [0.15, 0.2) is 0 Å². The highest BCUT2D eigenvalue weighted by molar-refractivity contribution is 6.36. The van der Waals surface area contributed by atoms with E-state index < -0.39 is 0 Å². The fourth-order valence-electron chi connectivity index (χ4n) is 1.30. The Bertz CT molecular complexity index is 282. The summed E-state index contributed by atoms with van der Waals surface area (Å²) in [7, 11) is 0. The van der Waals surface area contributed by atoms with E-state index in [9.17, 15) is 0 Å². The van der Waals surface area contributed by atoms with Gasteiger partial charge in [0.05, 0.1) is 10.7 Å². The Balaban J connectivity index is 2.99. The summed E-state index contributed by atoms with van der Waals surface area (Å²) < 4.78 is 0. The lowest BCUT2D eigenvalue weighted by Gasteiger charge is -2.22. The first-order chi connectivity index (χ1) is 6.19. The Morgan fingerprint density at radius 3 is 2.23 bits per heavy atom. The Morgan fingerprint density at radius 2 is 1.77 bits per heavy atom. The molecule has 0 aliphatic carbocycles. The lowest BCUT2D eigenvalue weighted by molar-refractivity contribution is 0.866. The van der Waals surface area contributed by atoms with Crippen LogP contribution in [0.3, 0.4) is 0 Å². The smallest absolute Gasteiger partial charge is 0.0654 e. The molecule has 0 unspecified atom stereocenters. The molecular formula is C10H13Cl2N. The molecule has 0 N–H and O–H groups in total. The predicted octanol–water partition coefficient (Wildman–Crippen LogP) is 3.84. The van der Waals surface area contributed by atoms with Crippen molar-refractivity contribution in [1.29, 1.82) is 0 Å². The highest BCUT2D eigenvalue weighted by atomic mass is 35.5. The van der Waals surface area contributed by atoms with E-state index in [0.29, 0.717) is 5.02 Å². The van der Waals surface area contributed by atoms with Gasteiger partial charge in [-0.25, -0.2) is 0 Å². The maximum atomic E-state index is 6.06. The molecular weight excluding hydrogens is 205 g/mol. The first kappa shape index (κ1) is 10.7. The monoisotopic (exact) mass is 217 g/mol. The van der Waals surface area contributed by atoms with Crippen LogP contribution in [0.5, 0.6) is 0 Å². The van der Waals surface area contributed by atoms with Crippen LogP contribution in [-0.4, -0.2) is 13.1 Å². The normalized spacial score (nSPS) is 10.2. The van der Waals surface area contributed by atoms with Crippen LogP contribution in [0.1, 0.15) is 13.8 Å². The van der Waals surface area contributed by atoms with Gasteiger partial charge in [-0.2, -0.15) is 0 Å². The standard InChI is InChI=1S/C10H13Cl2N/c1-3-13(4-2)10-6-5-8(11)7-9(10)12/h5-7H,3-4H2,1-2H3.